The minimum Gasteiger partial charge on any atom is -0.370 e. The number of anilines is 1. The average molecular weight is 239 g/mol. The van der Waals surface area contributed by atoms with Gasteiger partial charge in [-0.3, -0.25) is 0 Å². The summed E-state index contributed by atoms with van der Waals surface area (Å²) in [5.41, 5.74) is 8.32. The molecule has 1 aliphatic heterocycles. The minimum atomic E-state index is 0.309. The molecule has 1 fully saturated rings. The average Bonchev–Trinajstić information content (AvgIpc) is 2.64. The maximum absolute atomic E-state index is 6.28. The Labute approximate surface area is 102 Å². The van der Waals surface area contributed by atoms with Crippen LogP contribution in [0, 0.1) is 0 Å². The second-order valence-corrected chi connectivity index (χ2v) is 5.26. The Morgan fingerprint density at radius 1 is 1.44 bits per heavy atom. The van der Waals surface area contributed by atoms with Gasteiger partial charge in [-0.25, -0.2) is 0 Å². The second-order valence-electron chi connectivity index (χ2n) is 4.86. The van der Waals surface area contributed by atoms with E-state index < -0.39 is 0 Å². The maximum atomic E-state index is 6.28. The predicted octanol–water partition coefficient (Wildman–Crippen LogP) is 3.00. The monoisotopic (exact) mass is 238 g/mol. The Morgan fingerprint density at radius 3 is 2.69 bits per heavy atom. The van der Waals surface area contributed by atoms with E-state index in [1.807, 2.05) is 0 Å². The molecule has 2 nitrogen and oxygen atoms in total. The number of rotatable bonds is 2. The van der Waals surface area contributed by atoms with Crippen LogP contribution in [0.5, 0.6) is 0 Å². The number of benzene rings is 1. The lowest BCUT2D eigenvalue weighted by atomic mass is 10.0. The van der Waals surface area contributed by atoms with Gasteiger partial charge in [-0.1, -0.05) is 31.5 Å². The van der Waals surface area contributed by atoms with Crippen molar-refractivity contribution in [1.82, 2.24) is 0 Å². The molecule has 1 saturated heterocycles. The zero-order valence-electron chi connectivity index (χ0n) is 9.91. The van der Waals surface area contributed by atoms with E-state index in [1.165, 1.54) is 11.3 Å². The van der Waals surface area contributed by atoms with Gasteiger partial charge in [-0.2, -0.15) is 0 Å². The van der Waals surface area contributed by atoms with Crippen molar-refractivity contribution in [2.24, 2.45) is 5.73 Å². The molecule has 0 aromatic heterocycles. The van der Waals surface area contributed by atoms with Crippen LogP contribution in [-0.2, 0) is 0 Å². The normalized spacial score (nSPS) is 20.8. The highest BCUT2D eigenvalue weighted by Crippen LogP contribution is 2.29. The van der Waals surface area contributed by atoms with E-state index in [9.17, 15) is 0 Å². The summed E-state index contributed by atoms with van der Waals surface area (Å²) in [6, 6.07) is 6.66. The van der Waals surface area contributed by atoms with Crippen LogP contribution in [0.25, 0.3) is 0 Å². The molecular formula is C13H19ClN2. The fraction of sp³-hybridized carbons (Fsp3) is 0.538. The molecule has 0 saturated carbocycles. The summed E-state index contributed by atoms with van der Waals surface area (Å²) in [7, 11) is 0. The Balaban J connectivity index is 2.21. The van der Waals surface area contributed by atoms with Crippen LogP contribution < -0.4 is 10.6 Å². The van der Waals surface area contributed by atoms with Crippen molar-refractivity contribution in [2.45, 2.75) is 32.2 Å². The minimum absolute atomic E-state index is 0.309. The first kappa shape index (κ1) is 11.7. The summed E-state index contributed by atoms with van der Waals surface area (Å²) in [5, 5.41) is 0.868. The van der Waals surface area contributed by atoms with Crippen molar-refractivity contribution >= 4 is 17.3 Å². The lowest BCUT2D eigenvalue weighted by molar-refractivity contribution is 0.752. The maximum Gasteiger partial charge on any atom is 0.0461 e. The molecule has 3 heteroatoms. The molecule has 1 unspecified atom stereocenters. The highest BCUT2D eigenvalue weighted by molar-refractivity contribution is 6.31. The van der Waals surface area contributed by atoms with E-state index in [0.717, 1.165) is 24.5 Å². The van der Waals surface area contributed by atoms with Crippen LogP contribution in [0.2, 0.25) is 5.02 Å². The molecular weight excluding hydrogens is 220 g/mol. The van der Waals surface area contributed by atoms with E-state index >= 15 is 0 Å². The Kier molecular flexibility index (Phi) is 3.41. The number of hydrogen-bond donors (Lipinski definition) is 1. The lowest BCUT2D eigenvalue weighted by Crippen LogP contribution is -2.26. The first-order chi connectivity index (χ1) is 7.58. The third kappa shape index (κ3) is 2.33. The van der Waals surface area contributed by atoms with Gasteiger partial charge in [0, 0.05) is 29.8 Å². The number of nitrogens with two attached hydrogens (primary N) is 1. The van der Waals surface area contributed by atoms with Gasteiger partial charge < -0.3 is 10.6 Å². The molecule has 0 aliphatic carbocycles. The molecule has 2 N–H and O–H groups in total. The van der Waals surface area contributed by atoms with E-state index in [1.54, 1.807) is 0 Å². The molecule has 1 heterocycles. The largest absolute Gasteiger partial charge is 0.370 e. The van der Waals surface area contributed by atoms with Crippen LogP contribution in [0.1, 0.15) is 31.7 Å². The first-order valence-corrected chi connectivity index (χ1v) is 6.25. The van der Waals surface area contributed by atoms with E-state index in [-0.39, 0.29) is 0 Å². The SMILES string of the molecule is CC(C)c1ccc(N2CCC(N)C2)cc1Cl. The van der Waals surface area contributed by atoms with Crippen molar-refractivity contribution in [2.75, 3.05) is 18.0 Å². The zero-order valence-corrected chi connectivity index (χ0v) is 10.7. The number of halogens is 1. The van der Waals surface area contributed by atoms with Crippen LogP contribution in [0.4, 0.5) is 5.69 Å². The highest BCUT2D eigenvalue weighted by Gasteiger charge is 2.19. The zero-order chi connectivity index (χ0) is 11.7. The lowest BCUT2D eigenvalue weighted by Gasteiger charge is -2.19. The van der Waals surface area contributed by atoms with Crippen molar-refractivity contribution in [3.63, 3.8) is 0 Å². The third-order valence-corrected chi connectivity index (χ3v) is 3.52. The van der Waals surface area contributed by atoms with E-state index in [2.05, 4.69) is 36.9 Å². The summed E-state index contributed by atoms with van der Waals surface area (Å²) < 4.78 is 0. The molecule has 0 spiro atoms. The standard InChI is InChI=1S/C13H19ClN2/c1-9(2)12-4-3-11(7-13(12)14)16-6-5-10(15)8-16/h3-4,7,9-10H,5-6,8,15H2,1-2H3. The molecule has 1 aromatic carbocycles. The summed E-state index contributed by atoms with van der Waals surface area (Å²) in [6.45, 7) is 6.30. The van der Waals surface area contributed by atoms with Gasteiger partial charge in [0.25, 0.3) is 0 Å². The van der Waals surface area contributed by atoms with Gasteiger partial charge in [0.2, 0.25) is 0 Å². The molecule has 88 valence electrons. The fourth-order valence-electron chi connectivity index (χ4n) is 2.20. The third-order valence-electron chi connectivity index (χ3n) is 3.20. The van der Waals surface area contributed by atoms with Gasteiger partial charge in [-0.05, 0) is 30.0 Å². The molecule has 1 aliphatic rings. The quantitative estimate of drug-likeness (QED) is 0.858. The predicted molar refractivity (Wildman–Crippen MR) is 70.3 cm³/mol. The van der Waals surface area contributed by atoms with Crippen molar-refractivity contribution < 1.29 is 0 Å². The Hall–Kier alpha value is -0.730. The molecule has 1 atom stereocenters. The van der Waals surface area contributed by atoms with Crippen LogP contribution in [0.15, 0.2) is 18.2 Å². The number of hydrogen-bond acceptors (Lipinski definition) is 2. The molecule has 2 rings (SSSR count). The van der Waals surface area contributed by atoms with Gasteiger partial charge >= 0.3 is 0 Å². The first-order valence-electron chi connectivity index (χ1n) is 5.88. The van der Waals surface area contributed by atoms with Crippen LogP contribution in [-0.4, -0.2) is 19.1 Å². The highest BCUT2D eigenvalue weighted by atomic mass is 35.5. The van der Waals surface area contributed by atoms with Gasteiger partial charge in [0.15, 0.2) is 0 Å². The fourth-order valence-corrected chi connectivity index (χ4v) is 2.60. The summed E-state index contributed by atoms with van der Waals surface area (Å²) in [5.74, 6) is 0.474. The topological polar surface area (TPSA) is 29.3 Å². The molecule has 0 bridgehead atoms. The number of nitrogens with zero attached hydrogens (tertiary/aromatic N) is 1. The van der Waals surface area contributed by atoms with E-state index in [4.69, 9.17) is 17.3 Å². The Bertz CT molecular complexity index is 376. The molecule has 16 heavy (non-hydrogen) atoms. The molecule has 0 amide bonds. The molecule has 1 aromatic rings. The van der Waals surface area contributed by atoms with Crippen molar-refractivity contribution in [3.8, 4) is 0 Å². The Morgan fingerprint density at radius 2 is 2.19 bits per heavy atom. The summed E-state index contributed by atoms with van der Waals surface area (Å²) in [4.78, 5) is 2.31. The summed E-state index contributed by atoms with van der Waals surface area (Å²) in [6.07, 6.45) is 1.07. The van der Waals surface area contributed by atoms with Crippen molar-refractivity contribution in [3.05, 3.63) is 28.8 Å². The van der Waals surface area contributed by atoms with E-state index in [0.29, 0.717) is 12.0 Å². The van der Waals surface area contributed by atoms with Crippen LogP contribution in [0.3, 0.4) is 0 Å². The molecule has 0 radical (unpaired) electrons. The van der Waals surface area contributed by atoms with Crippen molar-refractivity contribution in [1.29, 1.82) is 0 Å². The second kappa shape index (κ2) is 4.64. The van der Waals surface area contributed by atoms with Gasteiger partial charge in [-0.15, -0.1) is 0 Å². The van der Waals surface area contributed by atoms with Gasteiger partial charge in [0.05, 0.1) is 0 Å². The smallest absolute Gasteiger partial charge is 0.0461 e. The summed E-state index contributed by atoms with van der Waals surface area (Å²) >= 11 is 6.28. The van der Waals surface area contributed by atoms with Crippen LogP contribution >= 0.6 is 11.6 Å². The van der Waals surface area contributed by atoms with Gasteiger partial charge in [0.1, 0.15) is 0 Å².